The molecule has 0 saturated carbocycles. The van der Waals surface area contributed by atoms with Crippen LogP contribution in [0.25, 0.3) is 16.9 Å². The van der Waals surface area contributed by atoms with Gasteiger partial charge in [0, 0.05) is 10.0 Å². The van der Waals surface area contributed by atoms with Crippen molar-refractivity contribution >= 4 is 15.9 Å². The Morgan fingerprint density at radius 2 is 1.59 bits per heavy atom. The van der Waals surface area contributed by atoms with Crippen LogP contribution in [0, 0.1) is 0 Å². The third-order valence-electron chi connectivity index (χ3n) is 3.77. The Morgan fingerprint density at radius 3 is 2.23 bits per heavy atom. The first-order chi connectivity index (χ1) is 10.5. The average molecular weight is 355 g/mol. The molecule has 0 bridgehead atoms. The molecule has 0 N–H and O–H groups in total. The lowest BCUT2D eigenvalue weighted by Gasteiger charge is -2.19. The van der Waals surface area contributed by atoms with E-state index >= 15 is 0 Å². The first kappa shape index (κ1) is 15.0. The highest BCUT2D eigenvalue weighted by atomic mass is 79.9. The van der Waals surface area contributed by atoms with Crippen LogP contribution in [-0.4, -0.2) is 9.78 Å². The molecule has 2 aromatic carbocycles. The van der Waals surface area contributed by atoms with Gasteiger partial charge in [0.15, 0.2) is 0 Å². The lowest BCUT2D eigenvalue weighted by molar-refractivity contribution is 0.590. The number of aromatic nitrogens is 2. The lowest BCUT2D eigenvalue weighted by atomic mass is 9.87. The third kappa shape index (κ3) is 2.86. The zero-order valence-corrected chi connectivity index (χ0v) is 14.6. The topological polar surface area (TPSA) is 17.8 Å². The molecule has 1 aromatic heterocycles. The van der Waals surface area contributed by atoms with Crippen molar-refractivity contribution in [1.82, 2.24) is 9.78 Å². The molecular weight excluding hydrogens is 336 g/mol. The van der Waals surface area contributed by atoms with Gasteiger partial charge in [-0.1, -0.05) is 67.0 Å². The summed E-state index contributed by atoms with van der Waals surface area (Å²) in [5.41, 5.74) is 4.78. The standard InChI is InChI=1S/C19H19BrN2/c1-19(2,3)14-8-10-15(11-9-14)22-18(12-13-21-22)16-6-4-5-7-17(16)20/h4-13H,1-3H3. The van der Waals surface area contributed by atoms with Crippen LogP contribution in [0.2, 0.25) is 0 Å². The Balaban J connectivity index is 2.04. The van der Waals surface area contributed by atoms with Gasteiger partial charge in [0.2, 0.25) is 0 Å². The van der Waals surface area contributed by atoms with Crippen molar-refractivity contribution in [2.45, 2.75) is 26.2 Å². The van der Waals surface area contributed by atoms with Crippen LogP contribution < -0.4 is 0 Å². The van der Waals surface area contributed by atoms with Crippen LogP contribution >= 0.6 is 15.9 Å². The van der Waals surface area contributed by atoms with Gasteiger partial charge in [-0.3, -0.25) is 0 Å². The predicted molar refractivity (Wildman–Crippen MR) is 95.4 cm³/mol. The van der Waals surface area contributed by atoms with E-state index in [0.717, 1.165) is 21.4 Å². The van der Waals surface area contributed by atoms with E-state index in [4.69, 9.17) is 0 Å². The van der Waals surface area contributed by atoms with Crippen LogP contribution in [0.4, 0.5) is 0 Å². The van der Waals surface area contributed by atoms with E-state index in [1.54, 1.807) is 0 Å². The molecule has 2 nitrogen and oxygen atoms in total. The summed E-state index contributed by atoms with van der Waals surface area (Å²) in [6, 6.07) is 18.9. The fraction of sp³-hybridized carbons (Fsp3) is 0.211. The van der Waals surface area contributed by atoms with E-state index in [9.17, 15) is 0 Å². The minimum atomic E-state index is 0.161. The SMILES string of the molecule is CC(C)(C)c1ccc(-n2nccc2-c2ccccc2Br)cc1. The fourth-order valence-electron chi connectivity index (χ4n) is 2.48. The lowest BCUT2D eigenvalue weighted by Crippen LogP contribution is -2.11. The zero-order valence-electron chi connectivity index (χ0n) is 13.0. The molecule has 1 heterocycles. The molecule has 0 radical (unpaired) electrons. The Kier molecular flexibility index (Phi) is 3.92. The minimum absolute atomic E-state index is 0.161. The van der Waals surface area contributed by atoms with Gasteiger partial charge in [-0.25, -0.2) is 4.68 Å². The normalized spacial score (nSPS) is 11.6. The van der Waals surface area contributed by atoms with Crippen molar-refractivity contribution in [3.63, 3.8) is 0 Å². The predicted octanol–water partition coefficient (Wildman–Crippen LogP) is 5.60. The quantitative estimate of drug-likeness (QED) is 0.585. The number of hydrogen-bond donors (Lipinski definition) is 0. The Labute approximate surface area is 139 Å². The summed E-state index contributed by atoms with van der Waals surface area (Å²) in [4.78, 5) is 0. The molecule has 0 aliphatic carbocycles. The van der Waals surface area contributed by atoms with Gasteiger partial charge < -0.3 is 0 Å². The van der Waals surface area contributed by atoms with Crippen molar-refractivity contribution < 1.29 is 0 Å². The van der Waals surface area contributed by atoms with Gasteiger partial charge in [0.1, 0.15) is 0 Å². The molecule has 3 heteroatoms. The Morgan fingerprint density at radius 1 is 0.909 bits per heavy atom. The molecule has 0 atom stereocenters. The highest BCUT2D eigenvalue weighted by molar-refractivity contribution is 9.10. The van der Waals surface area contributed by atoms with E-state index in [0.29, 0.717) is 0 Å². The first-order valence-corrected chi connectivity index (χ1v) is 8.16. The monoisotopic (exact) mass is 354 g/mol. The smallest absolute Gasteiger partial charge is 0.0752 e. The van der Waals surface area contributed by atoms with Gasteiger partial charge in [-0.05, 0) is 35.2 Å². The summed E-state index contributed by atoms with van der Waals surface area (Å²) >= 11 is 3.62. The van der Waals surface area contributed by atoms with Gasteiger partial charge in [-0.15, -0.1) is 0 Å². The largest absolute Gasteiger partial charge is 0.233 e. The summed E-state index contributed by atoms with van der Waals surface area (Å²) in [6.45, 7) is 6.67. The van der Waals surface area contributed by atoms with E-state index in [1.807, 2.05) is 29.1 Å². The fourth-order valence-corrected chi connectivity index (χ4v) is 2.97. The van der Waals surface area contributed by atoms with Crippen molar-refractivity contribution in [3.8, 4) is 16.9 Å². The molecule has 0 unspecified atom stereocenters. The number of benzene rings is 2. The molecule has 0 aliphatic heterocycles. The summed E-state index contributed by atoms with van der Waals surface area (Å²) in [5, 5.41) is 4.49. The van der Waals surface area contributed by atoms with Crippen molar-refractivity contribution in [3.05, 3.63) is 70.8 Å². The molecule has 0 fully saturated rings. The van der Waals surface area contributed by atoms with Crippen molar-refractivity contribution in [2.24, 2.45) is 0 Å². The van der Waals surface area contributed by atoms with Crippen LogP contribution in [0.1, 0.15) is 26.3 Å². The zero-order chi connectivity index (χ0) is 15.7. The highest BCUT2D eigenvalue weighted by Crippen LogP contribution is 2.30. The second-order valence-electron chi connectivity index (χ2n) is 6.40. The van der Waals surface area contributed by atoms with Gasteiger partial charge in [0.05, 0.1) is 17.6 Å². The molecule has 3 aromatic rings. The molecule has 0 saturated heterocycles. The number of nitrogens with zero attached hydrogens (tertiary/aromatic N) is 2. The molecule has 0 amide bonds. The van der Waals surface area contributed by atoms with Crippen LogP contribution in [0.3, 0.4) is 0 Å². The molecular formula is C19H19BrN2. The highest BCUT2D eigenvalue weighted by Gasteiger charge is 2.14. The number of halogens is 1. The second kappa shape index (κ2) is 5.73. The van der Waals surface area contributed by atoms with Crippen molar-refractivity contribution in [1.29, 1.82) is 0 Å². The molecule has 3 rings (SSSR count). The molecule has 22 heavy (non-hydrogen) atoms. The van der Waals surface area contributed by atoms with Crippen molar-refractivity contribution in [2.75, 3.05) is 0 Å². The summed E-state index contributed by atoms with van der Waals surface area (Å²) in [5.74, 6) is 0. The van der Waals surface area contributed by atoms with E-state index in [-0.39, 0.29) is 5.41 Å². The molecule has 0 aliphatic rings. The summed E-state index contributed by atoms with van der Waals surface area (Å²) in [6.07, 6.45) is 1.84. The number of hydrogen-bond acceptors (Lipinski definition) is 1. The average Bonchev–Trinajstić information content (AvgIpc) is 2.96. The van der Waals surface area contributed by atoms with Gasteiger partial charge in [0.25, 0.3) is 0 Å². The summed E-state index contributed by atoms with van der Waals surface area (Å²) in [7, 11) is 0. The van der Waals surface area contributed by atoms with Gasteiger partial charge >= 0.3 is 0 Å². The molecule has 112 valence electrons. The van der Waals surface area contributed by atoms with E-state index in [2.05, 4.69) is 78.2 Å². The van der Waals surface area contributed by atoms with Gasteiger partial charge in [-0.2, -0.15) is 5.10 Å². The summed E-state index contributed by atoms with van der Waals surface area (Å²) < 4.78 is 3.05. The Bertz CT molecular complexity index is 780. The maximum absolute atomic E-state index is 4.49. The van der Waals surface area contributed by atoms with Crippen LogP contribution in [0.15, 0.2) is 65.3 Å². The first-order valence-electron chi connectivity index (χ1n) is 7.37. The minimum Gasteiger partial charge on any atom is -0.233 e. The maximum Gasteiger partial charge on any atom is 0.0752 e. The van der Waals surface area contributed by atoms with Crippen LogP contribution in [0.5, 0.6) is 0 Å². The Hall–Kier alpha value is -1.87. The number of rotatable bonds is 2. The van der Waals surface area contributed by atoms with E-state index in [1.165, 1.54) is 5.56 Å². The second-order valence-corrected chi connectivity index (χ2v) is 7.26. The third-order valence-corrected chi connectivity index (χ3v) is 4.46. The van der Waals surface area contributed by atoms with E-state index < -0.39 is 0 Å². The molecule has 0 spiro atoms. The maximum atomic E-state index is 4.49. The van der Waals surface area contributed by atoms with Crippen LogP contribution in [-0.2, 0) is 5.41 Å².